The van der Waals surface area contributed by atoms with Crippen molar-refractivity contribution in [2.45, 2.75) is 0 Å². The van der Waals surface area contributed by atoms with Crippen LogP contribution in [0.2, 0.25) is 0 Å². The summed E-state index contributed by atoms with van der Waals surface area (Å²) in [5, 5.41) is 2.84. The molecule has 0 saturated heterocycles. The molecule has 0 saturated carbocycles. The lowest BCUT2D eigenvalue weighted by molar-refractivity contribution is -0.114. The predicted molar refractivity (Wildman–Crippen MR) is 88.5 cm³/mol. The molecule has 6 heteroatoms. The topological polar surface area (TPSA) is 63.2 Å². The number of pyridine rings is 1. The van der Waals surface area contributed by atoms with Crippen LogP contribution in [0.3, 0.4) is 0 Å². The number of benzene rings is 1. The second-order valence-electron chi connectivity index (χ2n) is 5.20. The Balaban J connectivity index is 1.75. The predicted octanol–water partition coefficient (Wildman–Crippen LogP) is 3.03. The fourth-order valence-corrected chi connectivity index (χ4v) is 3.42. The molecular formula is C17H11N3O2S. The molecule has 2 aromatic heterocycles. The van der Waals surface area contributed by atoms with E-state index < -0.39 is 11.7 Å². The maximum atomic E-state index is 12.0. The number of nitrogens with zero attached hydrogens (tertiary/aromatic N) is 3. The van der Waals surface area contributed by atoms with Gasteiger partial charge in [0.15, 0.2) is 0 Å². The monoisotopic (exact) mass is 321 g/mol. The van der Waals surface area contributed by atoms with Crippen LogP contribution < -0.4 is 4.90 Å². The number of carbonyl (C=O) groups is 2. The third-order valence-electron chi connectivity index (χ3n) is 3.83. The van der Waals surface area contributed by atoms with Crippen molar-refractivity contribution in [2.24, 2.45) is 0 Å². The Morgan fingerprint density at radius 1 is 1.04 bits per heavy atom. The molecule has 0 radical (unpaired) electrons. The summed E-state index contributed by atoms with van der Waals surface area (Å²) in [5.74, 6) is -0.957. The molecule has 1 amide bonds. The van der Waals surface area contributed by atoms with Crippen LogP contribution in [0.4, 0.5) is 5.69 Å². The van der Waals surface area contributed by atoms with Gasteiger partial charge in [-0.1, -0.05) is 6.07 Å². The van der Waals surface area contributed by atoms with E-state index in [9.17, 15) is 9.59 Å². The fourth-order valence-electron chi connectivity index (χ4n) is 2.58. The number of fused-ring (bicyclic) bond motifs is 1. The van der Waals surface area contributed by atoms with E-state index in [1.165, 1.54) is 16.2 Å². The van der Waals surface area contributed by atoms with Gasteiger partial charge in [-0.05, 0) is 24.3 Å². The van der Waals surface area contributed by atoms with Gasteiger partial charge in [0.05, 0.1) is 16.9 Å². The molecule has 0 atom stereocenters. The van der Waals surface area contributed by atoms with Crippen LogP contribution in [0.5, 0.6) is 0 Å². The maximum Gasteiger partial charge on any atom is 0.299 e. The number of hydrogen-bond donors (Lipinski definition) is 0. The highest BCUT2D eigenvalue weighted by atomic mass is 32.1. The summed E-state index contributed by atoms with van der Waals surface area (Å²) in [6.07, 6.45) is 3.46. The molecule has 0 N–H and O–H groups in total. The van der Waals surface area contributed by atoms with Crippen molar-refractivity contribution in [3.8, 4) is 21.8 Å². The molecule has 1 aliphatic rings. The Morgan fingerprint density at radius 3 is 2.61 bits per heavy atom. The summed E-state index contributed by atoms with van der Waals surface area (Å²) in [5.41, 5.74) is 3.71. The molecule has 3 aromatic rings. The average molecular weight is 321 g/mol. The molecule has 4 rings (SSSR count). The van der Waals surface area contributed by atoms with Gasteiger partial charge in [0.2, 0.25) is 0 Å². The normalized spacial score (nSPS) is 13.5. The molecule has 5 nitrogen and oxygen atoms in total. The highest BCUT2D eigenvalue weighted by Gasteiger charge is 2.33. The molecule has 23 heavy (non-hydrogen) atoms. The molecule has 1 aliphatic heterocycles. The van der Waals surface area contributed by atoms with E-state index in [2.05, 4.69) is 9.97 Å². The molecule has 1 aromatic carbocycles. The molecule has 0 unspecified atom stereocenters. The summed E-state index contributed by atoms with van der Waals surface area (Å²) >= 11 is 1.53. The minimum atomic E-state index is -0.493. The zero-order valence-corrected chi connectivity index (χ0v) is 13.0. The van der Waals surface area contributed by atoms with Crippen molar-refractivity contribution in [1.82, 2.24) is 9.97 Å². The highest BCUT2D eigenvalue weighted by Crippen LogP contribution is 2.34. The third-order valence-corrected chi connectivity index (χ3v) is 4.72. The summed E-state index contributed by atoms with van der Waals surface area (Å²) in [4.78, 5) is 33.8. The first-order valence-corrected chi connectivity index (χ1v) is 7.86. The van der Waals surface area contributed by atoms with E-state index in [1.807, 2.05) is 23.6 Å². The lowest BCUT2D eigenvalue weighted by atomic mass is 10.1. The molecule has 0 spiro atoms. The average Bonchev–Trinajstić information content (AvgIpc) is 3.17. The summed E-state index contributed by atoms with van der Waals surface area (Å²) in [6.45, 7) is 0. The number of hydrogen-bond acceptors (Lipinski definition) is 5. The lowest BCUT2D eigenvalue weighted by Crippen LogP contribution is -2.24. The number of ketones is 1. The number of thiazole rings is 1. The van der Waals surface area contributed by atoms with E-state index in [1.54, 1.807) is 31.6 Å². The van der Waals surface area contributed by atoms with Crippen molar-refractivity contribution in [2.75, 3.05) is 11.9 Å². The number of anilines is 1. The zero-order chi connectivity index (χ0) is 16.0. The van der Waals surface area contributed by atoms with E-state index >= 15 is 0 Å². The lowest BCUT2D eigenvalue weighted by Gasteiger charge is -2.08. The van der Waals surface area contributed by atoms with Crippen LogP contribution in [0.1, 0.15) is 10.4 Å². The van der Waals surface area contributed by atoms with E-state index in [0.717, 1.165) is 21.8 Å². The standard InChI is InChI=1S/C17H11N3O2S/c1-20-14-3-2-11(8-12(14)15(21)17(20)22)13-9-23-16(19-13)10-4-6-18-7-5-10/h2-9H,1H3. The van der Waals surface area contributed by atoms with Crippen LogP contribution in [0.15, 0.2) is 48.1 Å². The number of carbonyl (C=O) groups excluding carboxylic acids is 2. The van der Waals surface area contributed by atoms with Crippen LogP contribution in [0.25, 0.3) is 21.8 Å². The van der Waals surface area contributed by atoms with Crippen LogP contribution in [0, 0.1) is 0 Å². The van der Waals surface area contributed by atoms with Gasteiger partial charge in [0.1, 0.15) is 5.01 Å². The Kier molecular flexibility index (Phi) is 3.06. The Hall–Kier alpha value is -2.86. The van der Waals surface area contributed by atoms with Crippen molar-refractivity contribution in [3.63, 3.8) is 0 Å². The molecule has 3 heterocycles. The SMILES string of the molecule is CN1C(=O)C(=O)c2cc(-c3csc(-c4ccncc4)n3)ccc21. The van der Waals surface area contributed by atoms with Crippen molar-refractivity contribution in [1.29, 1.82) is 0 Å². The molecular weight excluding hydrogens is 310 g/mol. The number of Topliss-reactive ketones (excluding diaryl/α,β-unsaturated/α-hetero) is 1. The quantitative estimate of drug-likeness (QED) is 0.681. The Morgan fingerprint density at radius 2 is 1.83 bits per heavy atom. The second kappa shape index (κ2) is 5.10. The fraction of sp³-hybridized carbons (Fsp3) is 0.0588. The third kappa shape index (κ3) is 2.15. The van der Waals surface area contributed by atoms with Gasteiger partial charge in [-0.25, -0.2) is 4.98 Å². The van der Waals surface area contributed by atoms with Gasteiger partial charge in [-0.2, -0.15) is 0 Å². The highest BCUT2D eigenvalue weighted by molar-refractivity contribution is 7.13. The van der Waals surface area contributed by atoms with Gasteiger partial charge in [0, 0.05) is 35.9 Å². The maximum absolute atomic E-state index is 12.0. The first-order valence-electron chi connectivity index (χ1n) is 6.98. The largest absolute Gasteiger partial charge is 0.308 e. The van der Waals surface area contributed by atoms with Gasteiger partial charge in [0.25, 0.3) is 11.7 Å². The first-order chi connectivity index (χ1) is 11.1. The van der Waals surface area contributed by atoms with Crippen molar-refractivity contribution in [3.05, 3.63) is 53.7 Å². The summed E-state index contributed by atoms with van der Waals surface area (Å²) in [7, 11) is 1.61. The van der Waals surface area contributed by atoms with Gasteiger partial charge < -0.3 is 4.90 Å². The van der Waals surface area contributed by atoms with Crippen molar-refractivity contribution < 1.29 is 9.59 Å². The van der Waals surface area contributed by atoms with E-state index in [-0.39, 0.29) is 0 Å². The Labute approximate surface area is 136 Å². The van der Waals surface area contributed by atoms with Gasteiger partial charge in [-0.15, -0.1) is 11.3 Å². The number of rotatable bonds is 2. The van der Waals surface area contributed by atoms with Crippen molar-refractivity contribution >= 4 is 28.7 Å². The summed E-state index contributed by atoms with van der Waals surface area (Å²) < 4.78 is 0. The van der Waals surface area contributed by atoms with Gasteiger partial charge >= 0.3 is 0 Å². The minimum absolute atomic E-state index is 0.438. The first kappa shape index (κ1) is 13.8. The number of amides is 1. The van der Waals surface area contributed by atoms with E-state index in [4.69, 9.17) is 0 Å². The number of likely N-dealkylation sites (N-methyl/N-ethyl adjacent to an activating group) is 1. The van der Waals surface area contributed by atoms with Crippen LogP contribution >= 0.6 is 11.3 Å². The summed E-state index contributed by atoms with van der Waals surface area (Å²) in [6, 6.07) is 9.22. The zero-order valence-electron chi connectivity index (χ0n) is 12.2. The van der Waals surface area contributed by atoms with Gasteiger partial charge in [-0.3, -0.25) is 14.6 Å². The van der Waals surface area contributed by atoms with E-state index in [0.29, 0.717) is 11.3 Å². The smallest absolute Gasteiger partial charge is 0.299 e. The minimum Gasteiger partial charge on any atom is -0.308 e. The molecule has 0 aliphatic carbocycles. The van der Waals surface area contributed by atoms with Crippen LogP contribution in [-0.2, 0) is 4.79 Å². The molecule has 0 bridgehead atoms. The molecule has 112 valence electrons. The number of aromatic nitrogens is 2. The van der Waals surface area contributed by atoms with Crippen LogP contribution in [-0.4, -0.2) is 28.7 Å². The second-order valence-corrected chi connectivity index (χ2v) is 6.06. The Bertz CT molecular complexity index is 934. The molecule has 0 fully saturated rings.